The predicted octanol–water partition coefficient (Wildman–Crippen LogP) is 6.19. The van der Waals surface area contributed by atoms with Crippen molar-refractivity contribution in [3.05, 3.63) is 149 Å². The van der Waals surface area contributed by atoms with Gasteiger partial charge < -0.3 is 20.4 Å². The van der Waals surface area contributed by atoms with E-state index in [1.165, 1.54) is 12.1 Å². The van der Waals surface area contributed by atoms with Gasteiger partial charge in [-0.25, -0.2) is 9.18 Å². The number of anilines is 1. The van der Waals surface area contributed by atoms with Crippen molar-refractivity contribution in [3.8, 4) is 0 Å². The Balaban J connectivity index is 1.16. The zero-order chi connectivity index (χ0) is 37.1. The van der Waals surface area contributed by atoms with Crippen LogP contribution in [-0.2, 0) is 29.1 Å². The third-order valence-electron chi connectivity index (χ3n) is 9.82. The fraction of sp³-hybridized carbons (Fsp3) is 0.238. The van der Waals surface area contributed by atoms with E-state index in [2.05, 4.69) is 10.6 Å². The molecule has 5 aromatic rings. The normalized spacial score (nSPS) is 17.3. The standard InChI is InChI=1S/C42H41FN6O4/c1-28(2)49(42(53)44-24-30-15-19-34(43)20-16-30)47-27-39(50)48-37(23-29-17-21-35(22-18-29)45-40(51)32-10-4-3-5-11-32)41(52)46(26-38(47)48)25-33-13-8-12-31-9-6-7-14-36(31)33/h3-22,28,37-38H,23-27H2,1-2H3,(H,44,53)(H,45,51)/t37-,38+/m0/s1. The Morgan fingerprint density at radius 3 is 2.25 bits per heavy atom. The summed E-state index contributed by atoms with van der Waals surface area (Å²) in [5.74, 6) is -1.02. The van der Waals surface area contributed by atoms with Crippen molar-refractivity contribution in [2.45, 2.75) is 51.6 Å². The molecule has 0 unspecified atom stereocenters. The number of halogens is 1. The Labute approximate surface area is 307 Å². The van der Waals surface area contributed by atoms with Crippen molar-refractivity contribution in [2.24, 2.45) is 0 Å². The van der Waals surface area contributed by atoms with Gasteiger partial charge in [-0.3, -0.25) is 19.4 Å². The fourth-order valence-electron chi connectivity index (χ4n) is 7.25. The highest BCUT2D eigenvalue weighted by atomic mass is 19.1. The maximum Gasteiger partial charge on any atom is 0.332 e. The molecule has 5 aromatic carbocycles. The largest absolute Gasteiger partial charge is 0.333 e. The molecule has 0 spiro atoms. The lowest BCUT2D eigenvalue weighted by Crippen LogP contribution is -2.66. The van der Waals surface area contributed by atoms with Gasteiger partial charge >= 0.3 is 6.03 Å². The van der Waals surface area contributed by atoms with Gasteiger partial charge in [0.2, 0.25) is 11.8 Å². The molecular weight excluding hydrogens is 671 g/mol. The highest BCUT2D eigenvalue weighted by molar-refractivity contribution is 6.04. The molecule has 7 rings (SSSR count). The molecule has 2 saturated heterocycles. The second-order valence-electron chi connectivity index (χ2n) is 13.7. The first-order valence-corrected chi connectivity index (χ1v) is 17.8. The number of benzene rings is 5. The second kappa shape index (κ2) is 15.3. The average molecular weight is 713 g/mol. The number of piperazine rings is 1. The van der Waals surface area contributed by atoms with Crippen LogP contribution in [0.4, 0.5) is 14.9 Å². The van der Waals surface area contributed by atoms with Crippen LogP contribution < -0.4 is 10.6 Å². The van der Waals surface area contributed by atoms with Crippen LogP contribution in [0.5, 0.6) is 0 Å². The third-order valence-corrected chi connectivity index (χ3v) is 9.82. The first kappa shape index (κ1) is 35.3. The highest BCUT2D eigenvalue weighted by Gasteiger charge is 2.52. The molecule has 2 N–H and O–H groups in total. The summed E-state index contributed by atoms with van der Waals surface area (Å²) in [7, 11) is 0. The van der Waals surface area contributed by atoms with Gasteiger partial charge in [-0.2, -0.15) is 5.01 Å². The van der Waals surface area contributed by atoms with Gasteiger partial charge in [0.1, 0.15) is 18.0 Å². The van der Waals surface area contributed by atoms with E-state index in [0.29, 0.717) is 17.8 Å². The zero-order valence-corrected chi connectivity index (χ0v) is 29.6. The van der Waals surface area contributed by atoms with E-state index in [1.807, 2.05) is 74.5 Å². The van der Waals surface area contributed by atoms with Crippen LogP contribution in [0.3, 0.4) is 0 Å². The molecule has 0 bridgehead atoms. The number of amides is 5. The first-order chi connectivity index (χ1) is 25.7. The Morgan fingerprint density at radius 1 is 0.830 bits per heavy atom. The van der Waals surface area contributed by atoms with Gasteiger partial charge in [0.15, 0.2) is 0 Å². The second-order valence-corrected chi connectivity index (χ2v) is 13.7. The minimum absolute atomic E-state index is 0.0802. The Hall–Kier alpha value is -6.07. The summed E-state index contributed by atoms with van der Waals surface area (Å²) >= 11 is 0. The van der Waals surface area contributed by atoms with Crippen LogP contribution in [0.15, 0.2) is 121 Å². The van der Waals surface area contributed by atoms with Crippen LogP contribution >= 0.6 is 0 Å². The number of nitrogens with one attached hydrogen (secondary N) is 2. The molecule has 0 aliphatic carbocycles. The van der Waals surface area contributed by atoms with Gasteiger partial charge in [0.25, 0.3) is 5.91 Å². The number of nitrogens with zero attached hydrogens (tertiary/aromatic N) is 4. The molecule has 10 nitrogen and oxygen atoms in total. The summed E-state index contributed by atoms with van der Waals surface area (Å²) in [4.78, 5) is 58.4. The predicted molar refractivity (Wildman–Crippen MR) is 201 cm³/mol. The van der Waals surface area contributed by atoms with E-state index >= 15 is 0 Å². The summed E-state index contributed by atoms with van der Waals surface area (Å²) in [6.07, 6.45) is -0.365. The van der Waals surface area contributed by atoms with Gasteiger partial charge in [0.05, 0.1) is 13.1 Å². The molecule has 0 radical (unpaired) electrons. The Kier molecular flexibility index (Phi) is 10.2. The lowest BCUT2D eigenvalue weighted by molar-refractivity contribution is -0.158. The van der Waals surface area contributed by atoms with Crippen molar-refractivity contribution >= 4 is 40.2 Å². The number of hydrogen-bond donors (Lipinski definition) is 2. The van der Waals surface area contributed by atoms with E-state index in [-0.39, 0.29) is 55.6 Å². The van der Waals surface area contributed by atoms with Gasteiger partial charge in [0, 0.05) is 36.8 Å². The van der Waals surface area contributed by atoms with E-state index in [0.717, 1.165) is 27.5 Å². The number of hydrogen-bond acceptors (Lipinski definition) is 5. The van der Waals surface area contributed by atoms with E-state index < -0.39 is 18.2 Å². The highest BCUT2D eigenvalue weighted by Crippen LogP contribution is 2.32. The van der Waals surface area contributed by atoms with E-state index in [1.54, 1.807) is 68.3 Å². The van der Waals surface area contributed by atoms with Crippen molar-refractivity contribution in [1.82, 2.24) is 25.1 Å². The van der Waals surface area contributed by atoms with Gasteiger partial charge in [-0.1, -0.05) is 84.9 Å². The smallest absolute Gasteiger partial charge is 0.332 e. The lowest BCUT2D eigenvalue weighted by atomic mass is 9.98. The van der Waals surface area contributed by atoms with Crippen LogP contribution in [-0.4, -0.2) is 74.9 Å². The molecule has 270 valence electrons. The molecule has 5 amide bonds. The van der Waals surface area contributed by atoms with Crippen LogP contribution in [0.2, 0.25) is 0 Å². The van der Waals surface area contributed by atoms with Gasteiger partial charge in [-0.15, -0.1) is 0 Å². The monoisotopic (exact) mass is 712 g/mol. The van der Waals surface area contributed by atoms with Crippen LogP contribution in [0.1, 0.15) is 40.9 Å². The summed E-state index contributed by atoms with van der Waals surface area (Å²) in [5, 5.41) is 11.3. The maximum atomic E-state index is 14.5. The van der Waals surface area contributed by atoms with Crippen molar-refractivity contribution in [1.29, 1.82) is 0 Å². The topological polar surface area (TPSA) is 105 Å². The fourth-order valence-corrected chi connectivity index (χ4v) is 7.25. The number of urea groups is 1. The molecule has 53 heavy (non-hydrogen) atoms. The van der Waals surface area contributed by atoms with Crippen molar-refractivity contribution < 1.29 is 23.6 Å². The molecule has 0 aromatic heterocycles. The molecule has 2 aliphatic rings. The van der Waals surface area contributed by atoms with Crippen LogP contribution in [0.25, 0.3) is 10.8 Å². The van der Waals surface area contributed by atoms with E-state index in [9.17, 15) is 23.6 Å². The maximum absolute atomic E-state index is 14.5. The number of fused-ring (bicyclic) bond motifs is 2. The quantitative estimate of drug-likeness (QED) is 0.180. The minimum Gasteiger partial charge on any atom is -0.333 e. The zero-order valence-electron chi connectivity index (χ0n) is 29.6. The molecule has 2 fully saturated rings. The molecular formula is C42H41FN6O4. The number of carbonyl (C=O) groups excluding carboxylic acids is 4. The summed E-state index contributed by atoms with van der Waals surface area (Å²) < 4.78 is 13.5. The summed E-state index contributed by atoms with van der Waals surface area (Å²) in [6.45, 7) is 4.37. The number of rotatable bonds is 10. The Bertz CT molecular complexity index is 2120. The third kappa shape index (κ3) is 7.61. The number of hydrazine groups is 1. The summed E-state index contributed by atoms with van der Waals surface area (Å²) in [5.41, 5.74) is 3.68. The first-order valence-electron chi connectivity index (χ1n) is 17.8. The minimum atomic E-state index is -0.831. The molecule has 0 saturated carbocycles. The SMILES string of the molecule is CC(C)N(C(=O)NCc1ccc(F)cc1)N1CC(=O)N2[C@@H](Cc3ccc(NC(=O)c4ccccc4)cc3)C(=O)N(Cc3cccc4ccccc34)C[C@@H]21. The molecule has 2 heterocycles. The summed E-state index contributed by atoms with van der Waals surface area (Å²) in [6, 6.07) is 34.7. The van der Waals surface area contributed by atoms with Crippen molar-refractivity contribution in [2.75, 3.05) is 18.4 Å². The number of carbonyl (C=O) groups is 4. The van der Waals surface area contributed by atoms with Gasteiger partial charge in [-0.05, 0) is 77.7 Å². The molecule has 2 atom stereocenters. The van der Waals surface area contributed by atoms with Crippen LogP contribution in [0, 0.1) is 5.82 Å². The molecule has 11 heteroatoms. The lowest BCUT2D eigenvalue weighted by Gasteiger charge is -2.47. The average Bonchev–Trinajstić information content (AvgIpc) is 3.48. The van der Waals surface area contributed by atoms with E-state index in [4.69, 9.17) is 0 Å². The van der Waals surface area contributed by atoms with Crippen molar-refractivity contribution in [3.63, 3.8) is 0 Å². The Morgan fingerprint density at radius 2 is 1.51 bits per heavy atom. The molecule has 2 aliphatic heterocycles.